The van der Waals surface area contributed by atoms with Crippen molar-refractivity contribution < 1.29 is 0 Å². The summed E-state index contributed by atoms with van der Waals surface area (Å²) in [6.07, 6.45) is 0. The van der Waals surface area contributed by atoms with E-state index in [4.69, 9.17) is 0 Å². The van der Waals surface area contributed by atoms with E-state index in [9.17, 15) is 0 Å². The van der Waals surface area contributed by atoms with Gasteiger partial charge in [0.25, 0.3) is 0 Å². The number of benzene rings is 5. The number of hydrogen-bond donors (Lipinski definition) is 0. The molecule has 5 aromatic rings. The van der Waals surface area contributed by atoms with E-state index in [0.717, 1.165) is 0 Å². The molecular weight excluding hydrogens is 516 g/mol. The minimum absolute atomic E-state index is 0.0951. The van der Waals surface area contributed by atoms with Crippen LogP contribution in [0.4, 0.5) is 0 Å². The molecule has 0 radical (unpaired) electrons. The Balaban J connectivity index is 1.85. The smallest absolute Gasteiger partial charge is 0.0164 e. The van der Waals surface area contributed by atoms with Crippen molar-refractivity contribution in [2.75, 3.05) is 0 Å². The molecule has 0 heteroatoms. The fourth-order valence-electron chi connectivity index (χ4n) is 9.32. The van der Waals surface area contributed by atoms with E-state index in [1.54, 1.807) is 0 Å². The molecule has 0 saturated heterocycles. The van der Waals surface area contributed by atoms with Gasteiger partial charge in [-0.05, 0) is 230 Å². The van der Waals surface area contributed by atoms with Crippen LogP contribution in [0.25, 0.3) is 43.8 Å². The standard InChI is InChI=1S/C43H50/c1-19-17-18-33(37-26(8)22(4)20(2)24(6)34(19)37)35-28(10)29(11)39-40-38-27(9)23(5)21(3)25(7)36(38)30(12)31(13)41(40)43(15,16)42(39)32(35)14/h17-18H,1-16H3. The van der Waals surface area contributed by atoms with Gasteiger partial charge in [-0.1, -0.05) is 26.0 Å². The van der Waals surface area contributed by atoms with Gasteiger partial charge in [-0.2, -0.15) is 0 Å². The molecule has 43 heavy (non-hydrogen) atoms. The molecule has 0 atom stereocenters. The molecule has 0 spiro atoms. The zero-order valence-electron chi connectivity index (χ0n) is 29.7. The lowest BCUT2D eigenvalue weighted by Gasteiger charge is -2.29. The first kappa shape index (κ1) is 29.7. The van der Waals surface area contributed by atoms with Crippen molar-refractivity contribution in [2.45, 2.75) is 116 Å². The highest BCUT2D eigenvalue weighted by Gasteiger charge is 2.42. The van der Waals surface area contributed by atoms with Gasteiger partial charge < -0.3 is 0 Å². The van der Waals surface area contributed by atoms with Crippen molar-refractivity contribution in [2.24, 2.45) is 0 Å². The van der Waals surface area contributed by atoms with E-state index < -0.39 is 0 Å². The van der Waals surface area contributed by atoms with E-state index in [-0.39, 0.29) is 5.41 Å². The molecule has 0 heterocycles. The van der Waals surface area contributed by atoms with Gasteiger partial charge in [0.15, 0.2) is 0 Å². The van der Waals surface area contributed by atoms with Crippen LogP contribution in [0.2, 0.25) is 0 Å². The summed E-state index contributed by atoms with van der Waals surface area (Å²) in [5.41, 5.74) is 28.8. The second-order valence-corrected chi connectivity index (χ2v) is 14.6. The molecule has 0 N–H and O–H groups in total. The van der Waals surface area contributed by atoms with Gasteiger partial charge in [0.1, 0.15) is 0 Å². The second kappa shape index (κ2) is 9.31. The largest absolute Gasteiger partial charge is 0.0581 e. The van der Waals surface area contributed by atoms with Gasteiger partial charge >= 0.3 is 0 Å². The van der Waals surface area contributed by atoms with Crippen molar-refractivity contribution in [3.63, 3.8) is 0 Å². The molecule has 6 rings (SSSR count). The maximum Gasteiger partial charge on any atom is 0.0164 e. The van der Waals surface area contributed by atoms with Crippen molar-refractivity contribution in [3.05, 3.63) is 101 Å². The number of hydrogen-bond acceptors (Lipinski definition) is 0. The van der Waals surface area contributed by atoms with E-state index in [1.807, 2.05) is 0 Å². The van der Waals surface area contributed by atoms with E-state index in [0.29, 0.717) is 0 Å². The van der Waals surface area contributed by atoms with E-state index >= 15 is 0 Å². The Kier molecular flexibility index (Phi) is 6.43. The zero-order valence-corrected chi connectivity index (χ0v) is 29.7. The van der Waals surface area contributed by atoms with Crippen molar-refractivity contribution in [3.8, 4) is 22.3 Å². The predicted octanol–water partition coefficient (Wildman–Crippen LogP) is 12.3. The first-order valence-corrected chi connectivity index (χ1v) is 16.2. The quantitative estimate of drug-likeness (QED) is 0.189. The summed E-state index contributed by atoms with van der Waals surface area (Å²) in [5.74, 6) is 0. The summed E-state index contributed by atoms with van der Waals surface area (Å²) in [5, 5.41) is 5.83. The summed E-state index contributed by atoms with van der Waals surface area (Å²) in [6.45, 7) is 37.8. The van der Waals surface area contributed by atoms with Crippen LogP contribution in [0.5, 0.6) is 0 Å². The fraction of sp³-hybridized carbons (Fsp3) is 0.395. The van der Waals surface area contributed by atoms with E-state index in [2.05, 4.69) is 123 Å². The topological polar surface area (TPSA) is 0 Å². The first-order valence-electron chi connectivity index (χ1n) is 16.2. The van der Waals surface area contributed by atoms with Gasteiger partial charge in [-0.25, -0.2) is 0 Å². The molecule has 222 valence electrons. The summed E-state index contributed by atoms with van der Waals surface area (Å²) in [4.78, 5) is 0. The summed E-state index contributed by atoms with van der Waals surface area (Å²) < 4.78 is 0. The minimum atomic E-state index is -0.0951. The number of aryl methyl sites for hydroxylation is 6. The van der Waals surface area contributed by atoms with E-state index in [1.165, 1.54) is 133 Å². The van der Waals surface area contributed by atoms with Gasteiger partial charge in [0.2, 0.25) is 0 Å². The van der Waals surface area contributed by atoms with Gasteiger partial charge in [0, 0.05) is 5.41 Å². The summed E-state index contributed by atoms with van der Waals surface area (Å²) >= 11 is 0. The highest BCUT2D eigenvalue weighted by molar-refractivity contribution is 6.11. The molecule has 1 aliphatic carbocycles. The van der Waals surface area contributed by atoms with Crippen molar-refractivity contribution in [1.29, 1.82) is 0 Å². The second-order valence-electron chi connectivity index (χ2n) is 14.6. The van der Waals surface area contributed by atoms with Gasteiger partial charge in [-0.3, -0.25) is 0 Å². The van der Waals surface area contributed by atoms with Crippen LogP contribution in [0.1, 0.15) is 103 Å². The third-order valence-corrected chi connectivity index (χ3v) is 12.4. The lowest BCUT2D eigenvalue weighted by molar-refractivity contribution is 0.650. The third kappa shape index (κ3) is 3.50. The molecule has 0 unspecified atom stereocenters. The molecule has 0 nitrogen and oxygen atoms in total. The Morgan fingerprint density at radius 2 is 0.744 bits per heavy atom. The molecule has 0 fully saturated rings. The average molecular weight is 567 g/mol. The Labute approximate surface area is 260 Å². The van der Waals surface area contributed by atoms with Crippen LogP contribution in [0.3, 0.4) is 0 Å². The molecule has 0 aromatic heterocycles. The summed E-state index contributed by atoms with van der Waals surface area (Å²) in [7, 11) is 0. The van der Waals surface area contributed by atoms with Crippen LogP contribution in [0.15, 0.2) is 12.1 Å². The van der Waals surface area contributed by atoms with Gasteiger partial charge in [0.05, 0.1) is 0 Å². The Bertz CT molecular complexity index is 2110. The fourth-order valence-corrected chi connectivity index (χ4v) is 9.32. The number of rotatable bonds is 1. The maximum atomic E-state index is 2.49. The Morgan fingerprint density at radius 1 is 0.326 bits per heavy atom. The van der Waals surface area contributed by atoms with Crippen LogP contribution in [0, 0.1) is 96.9 Å². The first-order chi connectivity index (χ1) is 20.0. The van der Waals surface area contributed by atoms with Crippen molar-refractivity contribution in [1.82, 2.24) is 0 Å². The molecule has 1 aliphatic rings. The molecule has 0 aliphatic heterocycles. The van der Waals surface area contributed by atoms with Crippen LogP contribution in [-0.2, 0) is 5.41 Å². The molecule has 5 aromatic carbocycles. The number of fused-ring (bicyclic) bond motifs is 6. The highest BCUT2D eigenvalue weighted by Crippen LogP contribution is 2.59. The maximum absolute atomic E-state index is 2.49. The van der Waals surface area contributed by atoms with Gasteiger partial charge in [-0.15, -0.1) is 0 Å². The monoisotopic (exact) mass is 566 g/mol. The minimum Gasteiger partial charge on any atom is -0.0581 e. The lowest BCUT2D eigenvalue weighted by Crippen LogP contribution is -2.19. The molecule has 0 saturated carbocycles. The highest BCUT2D eigenvalue weighted by atomic mass is 14.5. The predicted molar refractivity (Wildman–Crippen MR) is 191 cm³/mol. The molecule has 0 amide bonds. The third-order valence-electron chi connectivity index (χ3n) is 12.4. The van der Waals surface area contributed by atoms with Crippen LogP contribution < -0.4 is 0 Å². The SMILES string of the molecule is Cc1c(C)c2c(c(C)c1-c1ccc(C)c3c(C)c(C)c(C)c(C)c13)C(C)(C)c1c(C)c(C)c3c(C)c(C)c(C)c(C)c3c1-2. The molecular formula is C43H50. The Morgan fingerprint density at radius 3 is 1.30 bits per heavy atom. The average Bonchev–Trinajstić information content (AvgIpc) is 3.21. The zero-order chi connectivity index (χ0) is 31.8. The normalized spacial score (nSPS) is 13.8. The lowest BCUT2D eigenvalue weighted by atomic mass is 9.74. The summed E-state index contributed by atoms with van der Waals surface area (Å²) in [6, 6.07) is 4.78. The van der Waals surface area contributed by atoms with Crippen molar-refractivity contribution >= 4 is 21.5 Å². The Hall–Kier alpha value is -3.38. The van der Waals surface area contributed by atoms with Crippen LogP contribution in [-0.4, -0.2) is 0 Å². The molecule has 0 bridgehead atoms. The van der Waals surface area contributed by atoms with Crippen LogP contribution >= 0.6 is 0 Å².